The van der Waals surface area contributed by atoms with Crippen LogP contribution in [-0.4, -0.2) is 6.21 Å². The van der Waals surface area contributed by atoms with Crippen molar-refractivity contribution >= 4 is 6.21 Å². The van der Waals surface area contributed by atoms with Gasteiger partial charge in [0.25, 0.3) is 0 Å². The first-order valence-corrected chi connectivity index (χ1v) is 7.56. The number of hydrogen-bond donors (Lipinski definition) is 0. The molecule has 0 radical (unpaired) electrons. The highest BCUT2D eigenvalue weighted by atomic mass is 14.8. The zero-order chi connectivity index (χ0) is 15.2. The number of nitrogens with zero attached hydrogens (tertiary/aromatic N) is 1. The van der Waals surface area contributed by atoms with Gasteiger partial charge in [-0.2, -0.15) is 0 Å². The van der Waals surface area contributed by atoms with Crippen molar-refractivity contribution in [3.63, 3.8) is 0 Å². The van der Waals surface area contributed by atoms with Gasteiger partial charge in [-0.15, -0.1) is 0 Å². The lowest BCUT2D eigenvalue weighted by atomic mass is 10.0. The quantitative estimate of drug-likeness (QED) is 0.559. The Bertz CT molecular complexity index is 728. The van der Waals surface area contributed by atoms with Crippen molar-refractivity contribution < 1.29 is 0 Å². The summed E-state index contributed by atoms with van der Waals surface area (Å²) in [5.41, 5.74) is 4.85. The van der Waals surface area contributed by atoms with Crippen molar-refractivity contribution in [3.8, 4) is 11.1 Å². The maximum atomic E-state index is 4.64. The Labute approximate surface area is 132 Å². The molecule has 3 rings (SSSR count). The normalized spacial score (nSPS) is 12.4. The highest BCUT2D eigenvalue weighted by molar-refractivity contribution is 5.79. The van der Waals surface area contributed by atoms with Crippen LogP contribution in [0.4, 0.5) is 0 Å². The number of hydrogen-bond acceptors (Lipinski definition) is 1. The molecular weight excluding hydrogens is 266 g/mol. The monoisotopic (exact) mass is 285 g/mol. The second kappa shape index (κ2) is 6.86. The lowest BCUT2D eigenvalue weighted by Crippen LogP contribution is -1.91. The smallest absolute Gasteiger partial charge is 0.0721 e. The van der Waals surface area contributed by atoms with E-state index in [9.17, 15) is 0 Å². The Morgan fingerprint density at radius 2 is 1.23 bits per heavy atom. The molecule has 0 aromatic heterocycles. The van der Waals surface area contributed by atoms with Crippen LogP contribution in [0.15, 0.2) is 89.9 Å². The predicted molar refractivity (Wildman–Crippen MR) is 94.3 cm³/mol. The molecular formula is C21H19N. The lowest BCUT2D eigenvalue weighted by Gasteiger charge is -2.08. The molecule has 108 valence electrons. The average molecular weight is 285 g/mol. The fourth-order valence-corrected chi connectivity index (χ4v) is 2.41. The van der Waals surface area contributed by atoms with Crippen molar-refractivity contribution in [3.05, 3.63) is 96.1 Å². The second-order valence-electron chi connectivity index (χ2n) is 5.35. The molecule has 1 unspecified atom stereocenters. The summed E-state index contributed by atoms with van der Waals surface area (Å²) in [6, 6.07) is 29.4. The van der Waals surface area contributed by atoms with Crippen molar-refractivity contribution in [2.75, 3.05) is 0 Å². The fraction of sp³-hybridized carbons (Fsp3) is 0.0952. The lowest BCUT2D eigenvalue weighted by molar-refractivity contribution is 0.825. The van der Waals surface area contributed by atoms with Crippen molar-refractivity contribution in [1.29, 1.82) is 0 Å². The molecule has 0 saturated heterocycles. The minimum absolute atomic E-state index is 0.157. The highest BCUT2D eigenvalue weighted by Crippen LogP contribution is 2.23. The van der Waals surface area contributed by atoms with Gasteiger partial charge in [0.15, 0.2) is 0 Å². The summed E-state index contributed by atoms with van der Waals surface area (Å²) in [7, 11) is 0. The summed E-state index contributed by atoms with van der Waals surface area (Å²) in [6.07, 6.45) is 1.94. The molecule has 0 aliphatic carbocycles. The first kappa shape index (κ1) is 14.3. The molecule has 0 N–H and O–H groups in total. The number of aliphatic imine (C=N–C) groups is 1. The Morgan fingerprint density at radius 1 is 0.682 bits per heavy atom. The average Bonchev–Trinajstić information content (AvgIpc) is 2.61. The van der Waals surface area contributed by atoms with Gasteiger partial charge in [0.05, 0.1) is 6.04 Å². The molecule has 22 heavy (non-hydrogen) atoms. The predicted octanol–water partition coefficient (Wildman–Crippen LogP) is 5.53. The second-order valence-corrected chi connectivity index (χ2v) is 5.35. The standard InChI is InChI=1S/C21H19N/c1-17(22-16-18-8-4-2-5-9-18)19-12-14-21(15-13-19)20-10-6-3-7-11-20/h2-17H,1H3. The van der Waals surface area contributed by atoms with Gasteiger partial charge in [-0.3, -0.25) is 4.99 Å². The summed E-state index contributed by atoms with van der Waals surface area (Å²) < 4.78 is 0. The van der Waals surface area contributed by atoms with Crippen LogP contribution in [0.2, 0.25) is 0 Å². The molecule has 0 aliphatic rings. The van der Waals surface area contributed by atoms with Crippen molar-refractivity contribution in [1.82, 2.24) is 0 Å². The molecule has 0 amide bonds. The van der Waals surface area contributed by atoms with Gasteiger partial charge in [-0.25, -0.2) is 0 Å². The van der Waals surface area contributed by atoms with E-state index in [-0.39, 0.29) is 6.04 Å². The molecule has 3 aromatic carbocycles. The van der Waals surface area contributed by atoms with Crippen LogP contribution in [0.5, 0.6) is 0 Å². The van der Waals surface area contributed by atoms with E-state index in [1.807, 2.05) is 30.5 Å². The molecule has 0 fully saturated rings. The zero-order valence-corrected chi connectivity index (χ0v) is 12.7. The maximum Gasteiger partial charge on any atom is 0.0721 e. The summed E-state index contributed by atoms with van der Waals surface area (Å²) in [5, 5.41) is 0. The zero-order valence-electron chi connectivity index (χ0n) is 12.7. The van der Waals surface area contributed by atoms with Gasteiger partial charge in [0.1, 0.15) is 0 Å². The SMILES string of the molecule is CC(N=Cc1ccccc1)c1ccc(-c2ccccc2)cc1. The van der Waals surface area contributed by atoms with Crippen molar-refractivity contribution in [2.45, 2.75) is 13.0 Å². The molecule has 0 aliphatic heterocycles. The Balaban J connectivity index is 1.74. The molecule has 0 heterocycles. The number of benzene rings is 3. The topological polar surface area (TPSA) is 12.4 Å². The molecule has 1 heteroatoms. The van der Waals surface area contributed by atoms with Gasteiger partial charge < -0.3 is 0 Å². The van der Waals surface area contributed by atoms with Gasteiger partial charge in [-0.05, 0) is 29.2 Å². The molecule has 0 spiro atoms. The molecule has 0 saturated carbocycles. The van der Waals surface area contributed by atoms with E-state index >= 15 is 0 Å². The van der Waals surface area contributed by atoms with Gasteiger partial charge >= 0.3 is 0 Å². The third-order valence-corrected chi connectivity index (χ3v) is 3.75. The van der Waals surface area contributed by atoms with Gasteiger partial charge in [0, 0.05) is 6.21 Å². The first-order chi connectivity index (χ1) is 10.8. The van der Waals surface area contributed by atoms with Crippen molar-refractivity contribution in [2.24, 2.45) is 4.99 Å². The Morgan fingerprint density at radius 3 is 1.86 bits per heavy atom. The van der Waals surface area contributed by atoms with Crippen LogP contribution in [0, 0.1) is 0 Å². The van der Waals surface area contributed by atoms with Gasteiger partial charge in [-0.1, -0.05) is 84.9 Å². The van der Waals surface area contributed by atoms with E-state index < -0.39 is 0 Å². The van der Waals surface area contributed by atoms with E-state index in [0.29, 0.717) is 0 Å². The number of rotatable bonds is 4. The molecule has 0 bridgehead atoms. The fourth-order valence-electron chi connectivity index (χ4n) is 2.41. The molecule has 1 nitrogen and oxygen atoms in total. The third kappa shape index (κ3) is 3.50. The summed E-state index contributed by atoms with van der Waals surface area (Å²) in [6.45, 7) is 2.12. The van der Waals surface area contributed by atoms with Crippen LogP contribution < -0.4 is 0 Å². The van der Waals surface area contributed by atoms with E-state index in [1.165, 1.54) is 16.7 Å². The summed E-state index contributed by atoms with van der Waals surface area (Å²) in [5.74, 6) is 0. The first-order valence-electron chi connectivity index (χ1n) is 7.56. The van der Waals surface area contributed by atoms with E-state index in [0.717, 1.165) is 5.56 Å². The minimum Gasteiger partial charge on any atom is -0.285 e. The molecule has 3 aromatic rings. The van der Waals surface area contributed by atoms with Crippen LogP contribution in [0.3, 0.4) is 0 Å². The largest absolute Gasteiger partial charge is 0.285 e. The van der Waals surface area contributed by atoms with Crippen LogP contribution >= 0.6 is 0 Å². The van der Waals surface area contributed by atoms with Gasteiger partial charge in [0.2, 0.25) is 0 Å². The Hall–Kier alpha value is -2.67. The third-order valence-electron chi connectivity index (χ3n) is 3.75. The summed E-state index contributed by atoms with van der Waals surface area (Å²) in [4.78, 5) is 4.64. The minimum atomic E-state index is 0.157. The summed E-state index contributed by atoms with van der Waals surface area (Å²) >= 11 is 0. The van der Waals surface area contributed by atoms with Crippen LogP contribution in [0.25, 0.3) is 11.1 Å². The highest BCUT2D eigenvalue weighted by Gasteiger charge is 2.03. The Kier molecular flexibility index (Phi) is 4.45. The van der Waals surface area contributed by atoms with E-state index in [1.54, 1.807) is 0 Å². The van der Waals surface area contributed by atoms with E-state index in [2.05, 4.69) is 72.6 Å². The van der Waals surface area contributed by atoms with E-state index in [4.69, 9.17) is 0 Å². The van der Waals surface area contributed by atoms with Crippen LogP contribution in [0.1, 0.15) is 24.1 Å². The molecule has 1 atom stereocenters. The maximum absolute atomic E-state index is 4.64. The van der Waals surface area contributed by atoms with Crippen LogP contribution in [-0.2, 0) is 0 Å².